The normalized spacial score (nSPS) is 11.6. The van der Waals surface area contributed by atoms with Crippen LogP contribution in [0.15, 0.2) is 66.7 Å². The fourth-order valence-corrected chi connectivity index (χ4v) is 3.55. The Morgan fingerprint density at radius 3 is 2.48 bits per heavy atom. The van der Waals surface area contributed by atoms with Crippen molar-refractivity contribution < 1.29 is 24.1 Å². The van der Waals surface area contributed by atoms with E-state index in [0.717, 1.165) is 23.3 Å². The molecule has 1 atom stereocenters. The standard InChI is InChI=1S/C27H29ClO5/c1-3-22(15-16-31-24-12-9-20(19(2)17-24)10-14-27(29)30)32-25-13-11-21(28)18-26(25)33-23-7-5-4-6-8-23/h4-9,11-13,17-18,22H,3,10,14-16H2,1-2H3,(H,29,30)/t22-/m0/s1. The van der Waals surface area contributed by atoms with Crippen molar-refractivity contribution in [3.8, 4) is 23.0 Å². The number of para-hydroxylation sites is 1. The second-order valence-electron chi connectivity index (χ2n) is 7.77. The van der Waals surface area contributed by atoms with Crippen LogP contribution in [0.1, 0.15) is 37.3 Å². The van der Waals surface area contributed by atoms with Crippen molar-refractivity contribution >= 4 is 17.6 Å². The van der Waals surface area contributed by atoms with Gasteiger partial charge in [0, 0.05) is 23.9 Å². The summed E-state index contributed by atoms with van der Waals surface area (Å²) in [5, 5.41) is 9.45. The molecule has 0 aliphatic carbocycles. The number of carboxylic acids is 1. The lowest BCUT2D eigenvalue weighted by atomic mass is 10.0. The topological polar surface area (TPSA) is 65.0 Å². The molecule has 3 aromatic rings. The molecule has 0 spiro atoms. The molecule has 0 amide bonds. The van der Waals surface area contributed by atoms with Crippen molar-refractivity contribution in [2.75, 3.05) is 6.61 Å². The molecule has 0 unspecified atom stereocenters. The van der Waals surface area contributed by atoms with Crippen LogP contribution in [0.3, 0.4) is 0 Å². The van der Waals surface area contributed by atoms with Crippen molar-refractivity contribution in [3.63, 3.8) is 0 Å². The molecule has 3 rings (SSSR count). The van der Waals surface area contributed by atoms with Crippen molar-refractivity contribution in [3.05, 3.63) is 82.9 Å². The molecule has 0 radical (unpaired) electrons. The van der Waals surface area contributed by atoms with Crippen molar-refractivity contribution in [2.24, 2.45) is 0 Å². The number of halogens is 1. The minimum Gasteiger partial charge on any atom is -0.493 e. The van der Waals surface area contributed by atoms with Gasteiger partial charge < -0.3 is 19.3 Å². The van der Waals surface area contributed by atoms with Gasteiger partial charge in [0.2, 0.25) is 0 Å². The third-order valence-corrected chi connectivity index (χ3v) is 5.49. The summed E-state index contributed by atoms with van der Waals surface area (Å²) in [6.07, 6.45) is 2.09. The highest BCUT2D eigenvalue weighted by molar-refractivity contribution is 6.30. The smallest absolute Gasteiger partial charge is 0.303 e. The second kappa shape index (κ2) is 12.2. The van der Waals surface area contributed by atoms with Crippen LogP contribution in [-0.2, 0) is 11.2 Å². The predicted octanol–water partition coefficient (Wildman–Crippen LogP) is 7.08. The zero-order chi connectivity index (χ0) is 23.6. The Bertz CT molecular complexity index is 1050. The Labute approximate surface area is 199 Å². The first kappa shape index (κ1) is 24.5. The molecule has 33 heavy (non-hydrogen) atoms. The molecule has 0 aromatic heterocycles. The maximum Gasteiger partial charge on any atom is 0.303 e. The van der Waals surface area contributed by atoms with E-state index in [9.17, 15) is 4.79 Å². The highest BCUT2D eigenvalue weighted by Gasteiger charge is 2.14. The van der Waals surface area contributed by atoms with Crippen LogP contribution in [0.2, 0.25) is 5.02 Å². The van der Waals surface area contributed by atoms with E-state index in [4.69, 9.17) is 30.9 Å². The summed E-state index contributed by atoms with van der Waals surface area (Å²) >= 11 is 6.18. The summed E-state index contributed by atoms with van der Waals surface area (Å²) in [7, 11) is 0. The lowest BCUT2D eigenvalue weighted by molar-refractivity contribution is -0.136. The van der Waals surface area contributed by atoms with E-state index in [-0.39, 0.29) is 12.5 Å². The van der Waals surface area contributed by atoms with Crippen molar-refractivity contribution in [2.45, 2.75) is 45.6 Å². The molecule has 0 saturated carbocycles. The van der Waals surface area contributed by atoms with Crippen LogP contribution in [0.4, 0.5) is 0 Å². The molecule has 0 aliphatic rings. The van der Waals surface area contributed by atoms with Crippen LogP contribution in [0.25, 0.3) is 0 Å². The monoisotopic (exact) mass is 468 g/mol. The average Bonchev–Trinajstić information content (AvgIpc) is 2.80. The fraction of sp³-hybridized carbons (Fsp3) is 0.296. The first-order valence-electron chi connectivity index (χ1n) is 11.1. The molecule has 1 N–H and O–H groups in total. The molecule has 0 aliphatic heterocycles. The number of hydrogen-bond acceptors (Lipinski definition) is 4. The number of carbonyl (C=O) groups is 1. The highest BCUT2D eigenvalue weighted by atomic mass is 35.5. The summed E-state index contributed by atoms with van der Waals surface area (Å²) in [5.41, 5.74) is 2.05. The maximum atomic E-state index is 10.8. The summed E-state index contributed by atoms with van der Waals surface area (Å²) in [4.78, 5) is 10.8. The van der Waals surface area contributed by atoms with Crippen molar-refractivity contribution in [1.29, 1.82) is 0 Å². The van der Waals surface area contributed by atoms with Gasteiger partial charge in [-0.25, -0.2) is 0 Å². The number of hydrogen-bond donors (Lipinski definition) is 1. The van der Waals surface area contributed by atoms with E-state index >= 15 is 0 Å². The van der Waals surface area contributed by atoms with E-state index in [1.807, 2.05) is 61.5 Å². The average molecular weight is 469 g/mol. The third kappa shape index (κ3) is 7.72. The van der Waals surface area contributed by atoms with Gasteiger partial charge in [-0.15, -0.1) is 0 Å². The van der Waals surface area contributed by atoms with E-state index in [0.29, 0.717) is 41.7 Å². The summed E-state index contributed by atoms with van der Waals surface area (Å²) in [6.45, 7) is 4.53. The van der Waals surface area contributed by atoms with E-state index < -0.39 is 5.97 Å². The third-order valence-electron chi connectivity index (χ3n) is 5.26. The fourth-order valence-electron chi connectivity index (χ4n) is 3.39. The molecule has 6 heteroatoms. The lowest BCUT2D eigenvalue weighted by Gasteiger charge is -2.20. The van der Waals surface area contributed by atoms with Crippen LogP contribution in [0.5, 0.6) is 23.0 Å². The Hall–Kier alpha value is -3.18. The van der Waals surface area contributed by atoms with Gasteiger partial charge in [-0.3, -0.25) is 4.79 Å². The Morgan fingerprint density at radius 2 is 1.79 bits per heavy atom. The second-order valence-corrected chi connectivity index (χ2v) is 8.21. The van der Waals surface area contributed by atoms with Crippen LogP contribution in [0, 0.1) is 6.92 Å². The summed E-state index contributed by atoms with van der Waals surface area (Å²) in [5.74, 6) is 1.89. The number of ether oxygens (including phenoxy) is 3. The van der Waals surface area contributed by atoms with Gasteiger partial charge in [-0.05, 0) is 67.3 Å². The molecule has 3 aromatic carbocycles. The molecular weight excluding hydrogens is 440 g/mol. The number of carboxylic acid groups (broad SMARTS) is 1. The van der Waals surface area contributed by atoms with Gasteiger partial charge in [0.25, 0.3) is 0 Å². The molecule has 0 bridgehead atoms. The van der Waals surface area contributed by atoms with E-state index in [2.05, 4.69) is 6.92 Å². The van der Waals surface area contributed by atoms with E-state index in [1.165, 1.54) is 0 Å². The minimum atomic E-state index is -0.793. The van der Waals surface area contributed by atoms with Gasteiger partial charge in [0.05, 0.1) is 6.61 Å². The van der Waals surface area contributed by atoms with Gasteiger partial charge >= 0.3 is 5.97 Å². The van der Waals surface area contributed by atoms with Gasteiger partial charge in [-0.1, -0.05) is 42.8 Å². The zero-order valence-corrected chi connectivity index (χ0v) is 19.7. The molecule has 5 nitrogen and oxygen atoms in total. The predicted molar refractivity (Wildman–Crippen MR) is 130 cm³/mol. The van der Waals surface area contributed by atoms with Gasteiger partial charge in [-0.2, -0.15) is 0 Å². The summed E-state index contributed by atoms with van der Waals surface area (Å²) in [6, 6.07) is 20.6. The lowest BCUT2D eigenvalue weighted by Crippen LogP contribution is -2.19. The molecule has 0 saturated heterocycles. The Balaban J connectivity index is 1.58. The van der Waals surface area contributed by atoms with Crippen LogP contribution < -0.4 is 14.2 Å². The molecule has 0 fully saturated rings. The number of benzene rings is 3. The minimum absolute atomic E-state index is 0.0553. The highest BCUT2D eigenvalue weighted by Crippen LogP contribution is 2.35. The zero-order valence-electron chi connectivity index (χ0n) is 18.9. The summed E-state index contributed by atoms with van der Waals surface area (Å²) < 4.78 is 18.2. The number of rotatable bonds is 12. The van der Waals surface area contributed by atoms with Crippen LogP contribution >= 0.6 is 11.6 Å². The molecule has 0 heterocycles. The molecule has 174 valence electrons. The molecular formula is C27H29ClO5. The van der Waals surface area contributed by atoms with Crippen molar-refractivity contribution in [1.82, 2.24) is 0 Å². The number of aliphatic carboxylic acids is 1. The SMILES string of the molecule is CC[C@@H](CCOc1ccc(CCC(=O)O)c(C)c1)Oc1ccc(Cl)cc1Oc1ccccc1. The first-order valence-corrected chi connectivity index (χ1v) is 11.5. The van der Waals surface area contributed by atoms with Crippen LogP contribution in [-0.4, -0.2) is 23.8 Å². The first-order chi connectivity index (χ1) is 15.9. The Morgan fingerprint density at radius 1 is 1.00 bits per heavy atom. The largest absolute Gasteiger partial charge is 0.493 e. The van der Waals surface area contributed by atoms with Gasteiger partial charge in [0.15, 0.2) is 11.5 Å². The quantitative estimate of drug-likeness (QED) is 0.307. The number of aryl methyl sites for hydroxylation is 2. The van der Waals surface area contributed by atoms with Gasteiger partial charge in [0.1, 0.15) is 17.6 Å². The van der Waals surface area contributed by atoms with E-state index in [1.54, 1.807) is 12.1 Å². The Kier molecular flexibility index (Phi) is 9.02. The maximum absolute atomic E-state index is 10.8.